The molecule has 1 aromatic heterocycles. The third-order valence-electron chi connectivity index (χ3n) is 6.49. The van der Waals surface area contributed by atoms with E-state index in [1.807, 2.05) is 0 Å². The number of benzene rings is 1. The number of aromatic nitrogens is 2. The lowest BCUT2D eigenvalue weighted by molar-refractivity contribution is 0.0881. The quantitative estimate of drug-likeness (QED) is 0.622. The van der Waals surface area contributed by atoms with Crippen LogP contribution in [-0.4, -0.2) is 71.6 Å². The van der Waals surface area contributed by atoms with E-state index < -0.39 is 0 Å². The molecule has 0 aliphatic carbocycles. The molecule has 1 atom stereocenters. The fraction of sp³-hybridized carbons (Fsp3) is 0.583. The van der Waals surface area contributed by atoms with Gasteiger partial charge in [0.15, 0.2) is 0 Å². The van der Waals surface area contributed by atoms with Crippen LogP contribution < -0.4 is 10.6 Å². The fourth-order valence-electron chi connectivity index (χ4n) is 4.81. The first-order valence-corrected chi connectivity index (χ1v) is 11.6. The van der Waals surface area contributed by atoms with E-state index in [1.165, 1.54) is 63.8 Å². The van der Waals surface area contributed by atoms with Gasteiger partial charge in [-0.05, 0) is 57.4 Å². The molecule has 2 aliphatic heterocycles. The van der Waals surface area contributed by atoms with E-state index in [4.69, 9.17) is 0 Å². The standard InChI is InChI=1S/C24H36N6/c1-3-7-21(8-4-1)23(26-13-14-28-24-19-25-11-12-27-24)20-29-17-9-22(10-18-29)30-15-5-2-6-16-30/h1,3-4,7-8,11-12,19,22-23,26H,2,5-6,9-10,13-18,20H2,(H,27,28). The second-order valence-electron chi connectivity index (χ2n) is 8.56. The number of likely N-dealkylation sites (tertiary alicyclic amines) is 2. The third-order valence-corrected chi connectivity index (χ3v) is 6.49. The highest BCUT2D eigenvalue weighted by Crippen LogP contribution is 2.23. The van der Waals surface area contributed by atoms with Crippen molar-refractivity contribution in [1.29, 1.82) is 0 Å². The van der Waals surface area contributed by atoms with Crippen molar-refractivity contribution in [3.63, 3.8) is 0 Å². The van der Waals surface area contributed by atoms with E-state index in [2.05, 4.69) is 60.7 Å². The molecule has 30 heavy (non-hydrogen) atoms. The molecule has 2 saturated heterocycles. The number of piperidine rings is 2. The van der Waals surface area contributed by atoms with Crippen LogP contribution in [-0.2, 0) is 0 Å². The molecule has 2 N–H and O–H groups in total. The Morgan fingerprint density at radius 3 is 2.47 bits per heavy atom. The molecule has 2 aromatic rings. The number of anilines is 1. The molecule has 0 bridgehead atoms. The Bertz CT molecular complexity index is 711. The summed E-state index contributed by atoms with van der Waals surface area (Å²) in [6.45, 7) is 7.85. The van der Waals surface area contributed by atoms with Crippen LogP contribution in [0.1, 0.15) is 43.7 Å². The lowest BCUT2D eigenvalue weighted by Crippen LogP contribution is -2.48. The summed E-state index contributed by atoms with van der Waals surface area (Å²) in [7, 11) is 0. The number of hydrogen-bond acceptors (Lipinski definition) is 6. The first kappa shape index (κ1) is 21.2. The maximum absolute atomic E-state index is 4.28. The van der Waals surface area contributed by atoms with E-state index in [0.29, 0.717) is 6.04 Å². The summed E-state index contributed by atoms with van der Waals surface area (Å²) in [6.07, 6.45) is 12.0. The van der Waals surface area contributed by atoms with Gasteiger partial charge in [0.1, 0.15) is 5.82 Å². The van der Waals surface area contributed by atoms with E-state index in [1.54, 1.807) is 18.6 Å². The van der Waals surface area contributed by atoms with Gasteiger partial charge in [0.05, 0.1) is 6.20 Å². The highest BCUT2D eigenvalue weighted by molar-refractivity contribution is 5.29. The smallest absolute Gasteiger partial charge is 0.144 e. The van der Waals surface area contributed by atoms with Crippen LogP contribution in [0.3, 0.4) is 0 Å². The molecule has 0 spiro atoms. The van der Waals surface area contributed by atoms with Gasteiger partial charge in [-0.25, -0.2) is 4.98 Å². The van der Waals surface area contributed by atoms with E-state index in [-0.39, 0.29) is 0 Å². The van der Waals surface area contributed by atoms with Crippen molar-refractivity contribution in [3.05, 3.63) is 54.5 Å². The van der Waals surface area contributed by atoms with Crippen molar-refractivity contribution < 1.29 is 0 Å². The normalized spacial score (nSPS) is 20.1. The van der Waals surface area contributed by atoms with Crippen LogP contribution in [0.4, 0.5) is 5.82 Å². The molecule has 2 aliphatic rings. The Morgan fingerprint density at radius 1 is 0.933 bits per heavy atom. The predicted octanol–water partition coefficient (Wildman–Crippen LogP) is 3.17. The lowest BCUT2D eigenvalue weighted by Gasteiger charge is -2.41. The van der Waals surface area contributed by atoms with Gasteiger partial charge >= 0.3 is 0 Å². The summed E-state index contributed by atoms with van der Waals surface area (Å²) < 4.78 is 0. The summed E-state index contributed by atoms with van der Waals surface area (Å²) in [5.74, 6) is 0.829. The van der Waals surface area contributed by atoms with Crippen LogP contribution in [0.2, 0.25) is 0 Å². The molecule has 0 amide bonds. The molecular weight excluding hydrogens is 372 g/mol. The number of nitrogens with one attached hydrogen (secondary N) is 2. The number of hydrogen-bond donors (Lipinski definition) is 2. The highest BCUT2D eigenvalue weighted by Gasteiger charge is 2.26. The Balaban J connectivity index is 1.26. The number of rotatable bonds is 9. The van der Waals surface area contributed by atoms with Gasteiger partial charge < -0.3 is 20.4 Å². The first-order valence-electron chi connectivity index (χ1n) is 11.6. The molecule has 6 nitrogen and oxygen atoms in total. The largest absolute Gasteiger partial charge is 0.368 e. The summed E-state index contributed by atoms with van der Waals surface area (Å²) in [5, 5.41) is 7.11. The zero-order valence-corrected chi connectivity index (χ0v) is 18.0. The molecule has 3 heterocycles. The Kier molecular flexibility index (Phi) is 8.06. The monoisotopic (exact) mass is 408 g/mol. The number of nitrogens with zero attached hydrogens (tertiary/aromatic N) is 4. The minimum atomic E-state index is 0.349. The Morgan fingerprint density at radius 2 is 1.73 bits per heavy atom. The van der Waals surface area contributed by atoms with Crippen molar-refractivity contribution in [2.24, 2.45) is 0 Å². The van der Waals surface area contributed by atoms with Crippen LogP contribution in [0.15, 0.2) is 48.9 Å². The molecule has 1 aromatic carbocycles. The molecule has 0 saturated carbocycles. The highest BCUT2D eigenvalue weighted by atomic mass is 15.2. The van der Waals surface area contributed by atoms with Crippen molar-refractivity contribution in [3.8, 4) is 0 Å². The van der Waals surface area contributed by atoms with Crippen LogP contribution in [0, 0.1) is 0 Å². The van der Waals surface area contributed by atoms with Crippen molar-refractivity contribution in [2.45, 2.75) is 44.2 Å². The van der Waals surface area contributed by atoms with Crippen LogP contribution >= 0.6 is 0 Å². The van der Waals surface area contributed by atoms with Gasteiger partial charge in [0.25, 0.3) is 0 Å². The maximum Gasteiger partial charge on any atom is 0.144 e. The van der Waals surface area contributed by atoms with Crippen molar-refractivity contribution in [2.75, 3.05) is 51.1 Å². The molecule has 2 fully saturated rings. The Hall–Kier alpha value is -2.02. The van der Waals surface area contributed by atoms with E-state index >= 15 is 0 Å². The van der Waals surface area contributed by atoms with Gasteiger partial charge in [-0.2, -0.15) is 0 Å². The molecular formula is C24H36N6. The molecule has 1 unspecified atom stereocenters. The molecule has 4 rings (SSSR count). The van der Waals surface area contributed by atoms with Crippen molar-refractivity contribution in [1.82, 2.24) is 25.1 Å². The molecule has 162 valence electrons. The van der Waals surface area contributed by atoms with Crippen LogP contribution in [0.25, 0.3) is 0 Å². The van der Waals surface area contributed by atoms with Gasteiger partial charge in [-0.3, -0.25) is 4.98 Å². The average Bonchev–Trinajstić information content (AvgIpc) is 2.83. The second-order valence-corrected chi connectivity index (χ2v) is 8.56. The predicted molar refractivity (Wildman–Crippen MR) is 123 cm³/mol. The third kappa shape index (κ3) is 6.24. The van der Waals surface area contributed by atoms with E-state index in [0.717, 1.165) is 31.5 Å². The molecule has 6 heteroatoms. The zero-order valence-electron chi connectivity index (χ0n) is 18.0. The van der Waals surface area contributed by atoms with Gasteiger partial charge in [0, 0.05) is 44.1 Å². The average molecular weight is 409 g/mol. The second kappa shape index (κ2) is 11.4. The minimum Gasteiger partial charge on any atom is -0.368 e. The zero-order chi connectivity index (χ0) is 20.4. The van der Waals surface area contributed by atoms with Gasteiger partial charge in [0.2, 0.25) is 0 Å². The minimum absolute atomic E-state index is 0.349. The Labute approximate surface area is 181 Å². The van der Waals surface area contributed by atoms with Gasteiger partial charge in [-0.15, -0.1) is 0 Å². The summed E-state index contributed by atoms with van der Waals surface area (Å²) in [4.78, 5) is 13.8. The summed E-state index contributed by atoms with van der Waals surface area (Å²) in [5.41, 5.74) is 1.37. The molecule has 0 radical (unpaired) electrons. The summed E-state index contributed by atoms with van der Waals surface area (Å²) in [6, 6.07) is 12.0. The van der Waals surface area contributed by atoms with Gasteiger partial charge in [-0.1, -0.05) is 36.8 Å². The summed E-state index contributed by atoms with van der Waals surface area (Å²) >= 11 is 0. The topological polar surface area (TPSA) is 56.3 Å². The van der Waals surface area contributed by atoms with Crippen LogP contribution in [0.5, 0.6) is 0 Å². The maximum atomic E-state index is 4.28. The van der Waals surface area contributed by atoms with Crippen molar-refractivity contribution >= 4 is 5.82 Å². The van der Waals surface area contributed by atoms with E-state index in [9.17, 15) is 0 Å². The fourth-order valence-corrected chi connectivity index (χ4v) is 4.81. The first-order chi connectivity index (χ1) is 14.9. The SMILES string of the molecule is c1ccc(C(CN2CCC(N3CCCCC3)CC2)NCCNc2cnccn2)cc1. The lowest BCUT2D eigenvalue weighted by atomic mass is 9.98.